The van der Waals surface area contributed by atoms with Gasteiger partial charge in [-0.1, -0.05) is 23.7 Å². The largest absolute Gasteiger partial charge is 0.507 e. The lowest BCUT2D eigenvalue weighted by molar-refractivity contribution is 0.0963. The third kappa shape index (κ3) is 2.79. The van der Waals surface area contributed by atoms with Gasteiger partial charge in [0.05, 0.1) is 16.9 Å². The van der Waals surface area contributed by atoms with E-state index in [0.29, 0.717) is 16.8 Å². The number of aromatic hydroxyl groups is 2. The van der Waals surface area contributed by atoms with Crippen molar-refractivity contribution >= 4 is 17.5 Å². The molecule has 0 aliphatic heterocycles. The summed E-state index contributed by atoms with van der Waals surface area (Å²) in [5.74, 6) is -0.491. The number of H-pyrrole nitrogens is 1. The number of nitrogens with one attached hydrogen (secondary N) is 2. The monoisotopic (exact) mass is 343 g/mol. The van der Waals surface area contributed by atoms with Crippen molar-refractivity contribution in [3.8, 4) is 33.9 Å². The summed E-state index contributed by atoms with van der Waals surface area (Å²) < 4.78 is 0. The normalized spacial score (nSPS) is 10.6. The molecule has 0 saturated heterocycles. The highest BCUT2D eigenvalue weighted by atomic mass is 35.5. The molecule has 122 valence electrons. The molecule has 3 rings (SSSR count). The van der Waals surface area contributed by atoms with Crippen molar-refractivity contribution in [2.75, 3.05) is 7.05 Å². The Morgan fingerprint density at radius 1 is 1.12 bits per heavy atom. The van der Waals surface area contributed by atoms with Gasteiger partial charge < -0.3 is 15.5 Å². The summed E-state index contributed by atoms with van der Waals surface area (Å²) in [4.78, 5) is 11.6. The van der Waals surface area contributed by atoms with E-state index >= 15 is 0 Å². The van der Waals surface area contributed by atoms with E-state index in [9.17, 15) is 15.0 Å². The van der Waals surface area contributed by atoms with Crippen molar-refractivity contribution in [1.82, 2.24) is 15.5 Å². The first kappa shape index (κ1) is 15.9. The van der Waals surface area contributed by atoms with Crippen LogP contribution in [0, 0.1) is 0 Å². The zero-order valence-corrected chi connectivity index (χ0v) is 13.4. The predicted molar refractivity (Wildman–Crippen MR) is 91.2 cm³/mol. The molecule has 7 heteroatoms. The molecule has 1 aromatic heterocycles. The zero-order valence-electron chi connectivity index (χ0n) is 12.7. The average molecular weight is 344 g/mol. The first-order valence-electron chi connectivity index (χ1n) is 7.09. The smallest absolute Gasteiger partial charge is 0.251 e. The molecule has 0 bridgehead atoms. The van der Waals surface area contributed by atoms with Crippen molar-refractivity contribution < 1.29 is 15.0 Å². The molecule has 1 heterocycles. The Balaban J connectivity index is 2.05. The van der Waals surface area contributed by atoms with Crippen molar-refractivity contribution in [3.05, 3.63) is 53.2 Å². The second kappa shape index (κ2) is 6.25. The Bertz CT molecular complexity index is 904. The molecule has 6 nitrogen and oxygen atoms in total. The SMILES string of the molecule is CNC(=O)c1ccc(-c2cn[nH]c2-c2cc(Cl)c(O)cc2O)cc1. The Morgan fingerprint density at radius 2 is 1.83 bits per heavy atom. The van der Waals surface area contributed by atoms with E-state index in [2.05, 4.69) is 15.5 Å². The Hall–Kier alpha value is -2.99. The standard InChI is InChI=1S/C17H14ClN3O3/c1-19-17(24)10-4-2-9(3-5-10)12-8-20-21-16(12)11-6-13(18)15(23)7-14(11)22/h2-8,22-23H,1H3,(H,19,24)(H,20,21). The number of hydrogen-bond donors (Lipinski definition) is 4. The molecular weight excluding hydrogens is 330 g/mol. The molecule has 0 saturated carbocycles. The van der Waals surface area contributed by atoms with E-state index in [-0.39, 0.29) is 22.4 Å². The van der Waals surface area contributed by atoms with Crippen LogP contribution in [-0.4, -0.2) is 33.4 Å². The van der Waals surface area contributed by atoms with E-state index in [0.717, 1.165) is 11.1 Å². The molecule has 1 amide bonds. The number of hydrogen-bond acceptors (Lipinski definition) is 4. The summed E-state index contributed by atoms with van der Waals surface area (Å²) >= 11 is 5.93. The van der Waals surface area contributed by atoms with Gasteiger partial charge in [0.1, 0.15) is 11.5 Å². The summed E-state index contributed by atoms with van der Waals surface area (Å²) in [5.41, 5.74) is 3.06. The van der Waals surface area contributed by atoms with Crippen LogP contribution in [-0.2, 0) is 0 Å². The highest BCUT2D eigenvalue weighted by Crippen LogP contribution is 2.40. The second-order valence-corrected chi connectivity index (χ2v) is 5.54. The second-order valence-electron chi connectivity index (χ2n) is 5.14. The van der Waals surface area contributed by atoms with E-state index in [1.54, 1.807) is 37.5 Å². The van der Waals surface area contributed by atoms with Crippen LogP contribution in [0.1, 0.15) is 10.4 Å². The maximum absolute atomic E-state index is 11.6. The molecule has 0 unspecified atom stereocenters. The summed E-state index contributed by atoms with van der Waals surface area (Å²) in [6.45, 7) is 0. The number of aromatic amines is 1. The van der Waals surface area contributed by atoms with Crippen LogP contribution in [0.15, 0.2) is 42.6 Å². The zero-order chi connectivity index (χ0) is 17.3. The van der Waals surface area contributed by atoms with Gasteiger partial charge in [-0.25, -0.2) is 0 Å². The predicted octanol–water partition coefficient (Wildman–Crippen LogP) is 3.17. The first-order valence-corrected chi connectivity index (χ1v) is 7.46. The number of aromatic nitrogens is 2. The molecule has 24 heavy (non-hydrogen) atoms. The van der Waals surface area contributed by atoms with Gasteiger partial charge in [-0.15, -0.1) is 0 Å². The van der Waals surface area contributed by atoms with E-state index in [1.807, 2.05) is 0 Å². The number of halogens is 1. The number of phenols is 2. The minimum atomic E-state index is -0.200. The molecule has 2 aromatic carbocycles. The minimum Gasteiger partial charge on any atom is -0.507 e. The van der Waals surface area contributed by atoms with Crippen LogP contribution in [0.3, 0.4) is 0 Å². The Labute approximate surface area is 142 Å². The number of benzene rings is 2. The van der Waals surface area contributed by atoms with Gasteiger partial charge >= 0.3 is 0 Å². The molecule has 0 radical (unpaired) electrons. The van der Waals surface area contributed by atoms with Gasteiger partial charge in [0.15, 0.2) is 0 Å². The van der Waals surface area contributed by atoms with E-state index in [1.165, 1.54) is 12.1 Å². The Morgan fingerprint density at radius 3 is 2.50 bits per heavy atom. The minimum absolute atomic E-state index is 0.121. The molecule has 0 fully saturated rings. The van der Waals surface area contributed by atoms with Gasteiger partial charge in [-0.2, -0.15) is 5.10 Å². The Kier molecular flexibility index (Phi) is 4.14. The number of amides is 1. The highest BCUT2D eigenvalue weighted by Gasteiger charge is 2.16. The van der Waals surface area contributed by atoms with Crippen LogP contribution in [0.2, 0.25) is 5.02 Å². The summed E-state index contributed by atoms with van der Waals surface area (Å²) in [6.07, 6.45) is 1.62. The van der Waals surface area contributed by atoms with Crippen molar-refractivity contribution in [1.29, 1.82) is 0 Å². The number of phenolic OH excluding ortho intramolecular Hbond substituents is 2. The van der Waals surface area contributed by atoms with Crippen LogP contribution in [0.5, 0.6) is 11.5 Å². The fourth-order valence-electron chi connectivity index (χ4n) is 2.41. The molecule has 0 spiro atoms. The number of carbonyl (C=O) groups is 1. The molecule has 4 N–H and O–H groups in total. The number of nitrogens with zero attached hydrogens (tertiary/aromatic N) is 1. The fourth-order valence-corrected chi connectivity index (χ4v) is 2.57. The van der Waals surface area contributed by atoms with Gasteiger partial charge in [0, 0.05) is 29.8 Å². The first-order chi connectivity index (χ1) is 11.5. The van der Waals surface area contributed by atoms with Crippen molar-refractivity contribution in [3.63, 3.8) is 0 Å². The number of rotatable bonds is 3. The average Bonchev–Trinajstić information content (AvgIpc) is 3.07. The lowest BCUT2D eigenvalue weighted by Gasteiger charge is -2.08. The molecule has 3 aromatic rings. The van der Waals surface area contributed by atoms with Gasteiger partial charge in [0.25, 0.3) is 5.91 Å². The van der Waals surface area contributed by atoms with Gasteiger partial charge in [-0.3, -0.25) is 9.89 Å². The van der Waals surface area contributed by atoms with Crippen LogP contribution in [0.25, 0.3) is 22.4 Å². The maximum Gasteiger partial charge on any atom is 0.251 e. The van der Waals surface area contributed by atoms with Crippen LogP contribution < -0.4 is 5.32 Å². The lowest BCUT2D eigenvalue weighted by atomic mass is 10.00. The van der Waals surface area contributed by atoms with Crippen molar-refractivity contribution in [2.24, 2.45) is 0 Å². The summed E-state index contributed by atoms with van der Waals surface area (Å²) in [6, 6.07) is 9.62. The fraction of sp³-hybridized carbons (Fsp3) is 0.0588. The topological polar surface area (TPSA) is 98.2 Å². The summed E-state index contributed by atoms with van der Waals surface area (Å²) in [5, 5.41) is 29.2. The van der Waals surface area contributed by atoms with Crippen molar-refractivity contribution in [2.45, 2.75) is 0 Å². The quantitative estimate of drug-likeness (QED) is 0.587. The van der Waals surface area contributed by atoms with E-state index in [4.69, 9.17) is 11.6 Å². The van der Waals surface area contributed by atoms with Gasteiger partial charge in [0.2, 0.25) is 0 Å². The van der Waals surface area contributed by atoms with E-state index < -0.39 is 0 Å². The molecule has 0 aliphatic carbocycles. The molecule has 0 aliphatic rings. The maximum atomic E-state index is 11.6. The molecule has 0 atom stereocenters. The highest BCUT2D eigenvalue weighted by molar-refractivity contribution is 6.32. The lowest BCUT2D eigenvalue weighted by Crippen LogP contribution is -2.17. The third-order valence-electron chi connectivity index (χ3n) is 3.66. The summed E-state index contributed by atoms with van der Waals surface area (Å²) in [7, 11) is 1.57. The van der Waals surface area contributed by atoms with Crippen LogP contribution in [0.4, 0.5) is 0 Å². The third-order valence-corrected chi connectivity index (χ3v) is 3.96. The van der Waals surface area contributed by atoms with Crippen LogP contribution >= 0.6 is 11.6 Å². The molecular formula is C17H14ClN3O3. The number of carbonyl (C=O) groups excluding carboxylic acids is 1. The van der Waals surface area contributed by atoms with Gasteiger partial charge in [-0.05, 0) is 23.8 Å².